The van der Waals surface area contributed by atoms with Gasteiger partial charge in [-0.15, -0.1) is 0 Å². The summed E-state index contributed by atoms with van der Waals surface area (Å²) in [7, 11) is 0. The number of H-pyrrole nitrogens is 1. The van der Waals surface area contributed by atoms with Crippen molar-refractivity contribution in [3.63, 3.8) is 0 Å². The van der Waals surface area contributed by atoms with E-state index in [1.54, 1.807) is 17.1 Å². The standard InChI is InChI=1S/C21H23F2N5O4/c1-12(2)10-27-16-5-4-14(22)8-13(16)9-17(27)19(30)24-6-3-7-25-20(31)28-11-15(23)18(29)26-21(28)32/h4-5,8-9,11-12H,3,6-7,10H2,1-2H3,(H,24,30)(H,25,31)(H,26,29,32). The van der Waals surface area contributed by atoms with Gasteiger partial charge in [0.1, 0.15) is 11.5 Å². The molecule has 2 aromatic heterocycles. The van der Waals surface area contributed by atoms with Crippen LogP contribution in [0.15, 0.2) is 40.1 Å². The van der Waals surface area contributed by atoms with Crippen molar-refractivity contribution in [3.05, 3.63) is 68.6 Å². The van der Waals surface area contributed by atoms with Crippen molar-refractivity contribution in [1.29, 1.82) is 0 Å². The average molecular weight is 447 g/mol. The summed E-state index contributed by atoms with van der Waals surface area (Å²) in [5.41, 5.74) is -1.11. The highest BCUT2D eigenvalue weighted by molar-refractivity contribution is 5.98. The fraction of sp³-hybridized carbons (Fsp3) is 0.333. The molecular weight excluding hydrogens is 424 g/mol. The first-order chi connectivity index (χ1) is 15.2. The van der Waals surface area contributed by atoms with Gasteiger partial charge in [0.15, 0.2) is 0 Å². The monoisotopic (exact) mass is 447 g/mol. The van der Waals surface area contributed by atoms with Crippen LogP contribution in [0.2, 0.25) is 0 Å². The van der Waals surface area contributed by atoms with E-state index < -0.39 is 23.1 Å². The van der Waals surface area contributed by atoms with Gasteiger partial charge in [0.05, 0.1) is 6.20 Å². The largest absolute Gasteiger partial charge is 0.351 e. The van der Waals surface area contributed by atoms with E-state index in [0.717, 1.165) is 5.52 Å². The van der Waals surface area contributed by atoms with Gasteiger partial charge in [0, 0.05) is 30.5 Å². The molecule has 2 amide bonds. The van der Waals surface area contributed by atoms with Gasteiger partial charge in [0.2, 0.25) is 5.82 Å². The zero-order chi connectivity index (χ0) is 23.4. The average Bonchev–Trinajstić information content (AvgIpc) is 3.07. The van der Waals surface area contributed by atoms with Crippen LogP contribution >= 0.6 is 0 Å². The fourth-order valence-corrected chi connectivity index (χ4v) is 3.25. The van der Waals surface area contributed by atoms with Gasteiger partial charge in [-0.1, -0.05) is 13.8 Å². The number of aromatic nitrogens is 3. The van der Waals surface area contributed by atoms with Crippen LogP contribution in [-0.2, 0) is 6.54 Å². The third-order valence-corrected chi connectivity index (χ3v) is 4.68. The minimum atomic E-state index is -1.26. The summed E-state index contributed by atoms with van der Waals surface area (Å²) in [6.07, 6.45) is 0.839. The Balaban J connectivity index is 1.59. The predicted molar refractivity (Wildman–Crippen MR) is 114 cm³/mol. The lowest BCUT2D eigenvalue weighted by molar-refractivity contribution is 0.0944. The number of hydrogen-bond donors (Lipinski definition) is 3. The summed E-state index contributed by atoms with van der Waals surface area (Å²) in [5, 5.41) is 5.78. The molecule has 0 unspecified atom stereocenters. The minimum Gasteiger partial charge on any atom is -0.351 e. The van der Waals surface area contributed by atoms with Crippen LogP contribution in [-0.4, -0.2) is 39.1 Å². The van der Waals surface area contributed by atoms with Gasteiger partial charge in [-0.3, -0.25) is 14.6 Å². The Hall–Kier alpha value is -3.76. The first-order valence-corrected chi connectivity index (χ1v) is 10.0. The molecule has 0 fully saturated rings. The molecule has 1 aromatic carbocycles. The number of carbonyl (C=O) groups excluding carboxylic acids is 2. The zero-order valence-corrected chi connectivity index (χ0v) is 17.6. The lowest BCUT2D eigenvalue weighted by Crippen LogP contribution is -2.41. The van der Waals surface area contributed by atoms with Crippen LogP contribution in [0.4, 0.5) is 13.6 Å². The van der Waals surface area contributed by atoms with E-state index >= 15 is 0 Å². The Kier molecular flexibility index (Phi) is 6.86. The van der Waals surface area contributed by atoms with Crippen molar-refractivity contribution < 1.29 is 18.4 Å². The number of carbonyl (C=O) groups is 2. The Morgan fingerprint density at radius 3 is 2.53 bits per heavy atom. The Labute approximate surface area is 181 Å². The van der Waals surface area contributed by atoms with Crippen molar-refractivity contribution in [3.8, 4) is 0 Å². The molecule has 3 rings (SSSR count). The number of rotatable bonds is 7. The van der Waals surface area contributed by atoms with E-state index in [0.29, 0.717) is 34.8 Å². The van der Waals surface area contributed by atoms with E-state index in [-0.39, 0.29) is 30.7 Å². The normalized spacial score (nSPS) is 11.2. The molecule has 0 spiro atoms. The van der Waals surface area contributed by atoms with E-state index in [1.807, 2.05) is 18.4 Å². The van der Waals surface area contributed by atoms with Gasteiger partial charge in [-0.25, -0.2) is 18.5 Å². The SMILES string of the molecule is CC(C)Cn1c(C(=O)NCCCNC(=O)n2cc(F)c(=O)[nH]c2=O)cc2cc(F)ccc21. The van der Waals surface area contributed by atoms with E-state index in [2.05, 4.69) is 10.6 Å². The van der Waals surface area contributed by atoms with Crippen molar-refractivity contribution in [2.24, 2.45) is 5.92 Å². The molecule has 2 heterocycles. The Bertz CT molecular complexity index is 1280. The summed E-state index contributed by atoms with van der Waals surface area (Å²) in [6.45, 7) is 4.91. The molecule has 0 aliphatic carbocycles. The van der Waals surface area contributed by atoms with Gasteiger partial charge in [0.25, 0.3) is 11.5 Å². The number of fused-ring (bicyclic) bond motifs is 1. The summed E-state index contributed by atoms with van der Waals surface area (Å²) in [5.74, 6) is -1.72. The third-order valence-electron chi connectivity index (χ3n) is 4.68. The number of benzene rings is 1. The maximum atomic E-state index is 13.6. The molecular formula is C21H23F2N5O4. The van der Waals surface area contributed by atoms with E-state index in [4.69, 9.17) is 0 Å². The molecule has 3 aromatic rings. The quantitative estimate of drug-likeness (QED) is 0.479. The number of nitrogens with one attached hydrogen (secondary N) is 3. The highest BCUT2D eigenvalue weighted by Gasteiger charge is 2.17. The highest BCUT2D eigenvalue weighted by Crippen LogP contribution is 2.22. The summed E-state index contributed by atoms with van der Waals surface area (Å²) < 4.78 is 29.1. The summed E-state index contributed by atoms with van der Waals surface area (Å²) in [4.78, 5) is 48.9. The molecule has 0 atom stereocenters. The molecule has 0 saturated heterocycles. The van der Waals surface area contributed by atoms with Crippen LogP contribution in [0, 0.1) is 17.6 Å². The minimum absolute atomic E-state index is 0.0898. The number of halogens is 2. The molecule has 0 bridgehead atoms. The second-order valence-electron chi connectivity index (χ2n) is 7.68. The molecule has 3 N–H and O–H groups in total. The lowest BCUT2D eigenvalue weighted by Gasteiger charge is -2.13. The maximum Gasteiger partial charge on any atom is 0.336 e. The number of hydrogen-bond acceptors (Lipinski definition) is 4. The second-order valence-corrected chi connectivity index (χ2v) is 7.68. The van der Waals surface area contributed by atoms with E-state index in [1.165, 1.54) is 12.1 Å². The first kappa shape index (κ1) is 22.9. The van der Waals surface area contributed by atoms with Gasteiger partial charge >= 0.3 is 11.7 Å². The van der Waals surface area contributed by atoms with Crippen molar-refractivity contribution in [2.45, 2.75) is 26.8 Å². The summed E-state index contributed by atoms with van der Waals surface area (Å²) in [6, 6.07) is 5.09. The Morgan fingerprint density at radius 1 is 1.09 bits per heavy atom. The maximum absolute atomic E-state index is 13.6. The molecule has 0 radical (unpaired) electrons. The molecule has 0 aliphatic heterocycles. The number of aromatic amines is 1. The van der Waals surface area contributed by atoms with Crippen LogP contribution in [0.25, 0.3) is 10.9 Å². The van der Waals surface area contributed by atoms with Crippen LogP contribution in [0.3, 0.4) is 0 Å². The van der Waals surface area contributed by atoms with Crippen molar-refractivity contribution in [1.82, 2.24) is 24.8 Å². The topological polar surface area (TPSA) is 118 Å². The van der Waals surface area contributed by atoms with E-state index in [9.17, 15) is 28.0 Å². The lowest BCUT2D eigenvalue weighted by atomic mass is 10.2. The van der Waals surface area contributed by atoms with Gasteiger partial charge in [-0.2, -0.15) is 4.39 Å². The molecule has 170 valence electrons. The van der Waals surface area contributed by atoms with Crippen LogP contribution in [0.1, 0.15) is 30.8 Å². The molecule has 0 saturated carbocycles. The van der Waals surface area contributed by atoms with Crippen LogP contribution < -0.4 is 21.9 Å². The molecule has 9 nitrogen and oxygen atoms in total. The van der Waals surface area contributed by atoms with Crippen molar-refractivity contribution in [2.75, 3.05) is 13.1 Å². The highest BCUT2D eigenvalue weighted by atomic mass is 19.1. The fourth-order valence-electron chi connectivity index (χ4n) is 3.25. The van der Waals surface area contributed by atoms with Gasteiger partial charge < -0.3 is 15.2 Å². The van der Waals surface area contributed by atoms with Crippen LogP contribution in [0.5, 0.6) is 0 Å². The first-order valence-electron chi connectivity index (χ1n) is 10.0. The zero-order valence-electron chi connectivity index (χ0n) is 17.6. The smallest absolute Gasteiger partial charge is 0.336 e. The second kappa shape index (κ2) is 9.58. The van der Waals surface area contributed by atoms with Crippen molar-refractivity contribution >= 4 is 22.8 Å². The molecule has 32 heavy (non-hydrogen) atoms. The molecule has 0 aliphatic rings. The summed E-state index contributed by atoms with van der Waals surface area (Å²) >= 11 is 0. The van der Waals surface area contributed by atoms with Gasteiger partial charge in [-0.05, 0) is 36.6 Å². The number of nitrogens with zero attached hydrogens (tertiary/aromatic N) is 2. The number of amides is 2. The molecule has 11 heteroatoms. The Morgan fingerprint density at radius 2 is 1.81 bits per heavy atom. The third kappa shape index (κ3) is 5.10. The predicted octanol–water partition coefficient (Wildman–Crippen LogP) is 1.80.